The van der Waals surface area contributed by atoms with E-state index in [2.05, 4.69) is 15.3 Å². The molecular formula is C11H9FN4O3. The largest absolute Gasteiger partial charge is 0.428 e. The van der Waals surface area contributed by atoms with E-state index in [9.17, 15) is 14.5 Å². The molecule has 1 heterocycles. The average molecular weight is 264 g/mol. The Morgan fingerprint density at radius 1 is 1.42 bits per heavy atom. The minimum Gasteiger partial charge on any atom is -0.428 e. The van der Waals surface area contributed by atoms with Crippen molar-refractivity contribution in [3.05, 3.63) is 46.4 Å². The highest BCUT2D eigenvalue weighted by molar-refractivity contribution is 5.48. The lowest BCUT2D eigenvalue weighted by atomic mass is 10.3. The molecule has 0 aliphatic rings. The summed E-state index contributed by atoms with van der Waals surface area (Å²) >= 11 is 0. The second-order valence-electron chi connectivity index (χ2n) is 3.42. The fraction of sp³-hybridized carbons (Fsp3) is 0.0909. The average Bonchev–Trinajstić information content (AvgIpc) is 2.41. The van der Waals surface area contributed by atoms with Crippen LogP contribution in [0.2, 0.25) is 0 Å². The molecule has 0 saturated carbocycles. The third-order valence-corrected chi connectivity index (χ3v) is 2.20. The smallest absolute Gasteiger partial charge is 0.314 e. The van der Waals surface area contributed by atoms with Crippen molar-refractivity contribution in [1.82, 2.24) is 9.97 Å². The normalized spacial score (nSPS) is 10.0. The molecule has 1 N–H and O–H groups in total. The Morgan fingerprint density at radius 2 is 2.21 bits per heavy atom. The number of nitro benzene ring substituents is 1. The van der Waals surface area contributed by atoms with Crippen LogP contribution in [0.3, 0.4) is 0 Å². The number of para-hydroxylation sites is 1. The van der Waals surface area contributed by atoms with Crippen LogP contribution in [-0.4, -0.2) is 21.9 Å². The molecule has 0 aliphatic carbocycles. The van der Waals surface area contributed by atoms with Gasteiger partial charge in [0.2, 0.25) is 17.6 Å². The number of rotatable bonds is 4. The summed E-state index contributed by atoms with van der Waals surface area (Å²) in [6.45, 7) is 0. The van der Waals surface area contributed by atoms with Crippen molar-refractivity contribution in [3.8, 4) is 11.6 Å². The predicted octanol–water partition coefficient (Wildman–Crippen LogP) is 2.36. The third kappa shape index (κ3) is 2.73. The maximum absolute atomic E-state index is 13.6. The molecule has 0 aliphatic heterocycles. The van der Waals surface area contributed by atoms with Gasteiger partial charge in [0, 0.05) is 25.4 Å². The van der Waals surface area contributed by atoms with Crippen molar-refractivity contribution in [2.45, 2.75) is 0 Å². The summed E-state index contributed by atoms with van der Waals surface area (Å²) < 4.78 is 18.7. The van der Waals surface area contributed by atoms with Crippen LogP contribution in [0, 0.1) is 15.9 Å². The minimum absolute atomic E-state index is 0.00699. The summed E-state index contributed by atoms with van der Waals surface area (Å²) in [4.78, 5) is 17.8. The lowest BCUT2D eigenvalue weighted by molar-refractivity contribution is -0.385. The van der Waals surface area contributed by atoms with E-state index in [1.807, 2.05) is 0 Å². The second kappa shape index (κ2) is 5.25. The lowest BCUT2D eigenvalue weighted by Crippen LogP contribution is -2.00. The van der Waals surface area contributed by atoms with Gasteiger partial charge in [-0.15, -0.1) is 0 Å². The highest BCUT2D eigenvalue weighted by Crippen LogP contribution is 2.33. The molecule has 1 aromatic heterocycles. The first kappa shape index (κ1) is 12.7. The van der Waals surface area contributed by atoms with Gasteiger partial charge in [0.1, 0.15) is 0 Å². The van der Waals surface area contributed by atoms with Crippen LogP contribution in [0.25, 0.3) is 0 Å². The zero-order valence-corrected chi connectivity index (χ0v) is 9.83. The molecule has 0 radical (unpaired) electrons. The van der Waals surface area contributed by atoms with E-state index in [0.717, 1.165) is 12.1 Å². The Balaban J connectivity index is 2.40. The van der Waals surface area contributed by atoms with Crippen LogP contribution in [0.15, 0.2) is 30.5 Å². The summed E-state index contributed by atoms with van der Waals surface area (Å²) in [5.41, 5.74) is -0.468. The van der Waals surface area contributed by atoms with E-state index in [1.165, 1.54) is 18.3 Å². The van der Waals surface area contributed by atoms with Gasteiger partial charge in [-0.05, 0) is 6.07 Å². The van der Waals surface area contributed by atoms with Crippen LogP contribution in [0.5, 0.6) is 11.6 Å². The van der Waals surface area contributed by atoms with E-state index in [4.69, 9.17) is 4.74 Å². The molecule has 7 nitrogen and oxygen atoms in total. The Kier molecular flexibility index (Phi) is 3.51. The molecule has 0 amide bonds. The van der Waals surface area contributed by atoms with Crippen molar-refractivity contribution in [1.29, 1.82) is 0 Å². The Bertz CT molecular complexity index is 621. The molecule has 0 saturated heterocycles. The van der Waals surface area contributed by atoms with Gasteiger partial charge < -0.3 is 10.1 Å². The number of benzene rings is 1. The molecule has 0 atom stereocenters. The van der Waals surface area contributed by atoms with Crippen LogP contribution in [0.1, 0.15) is 0 Å². The summed E-state index contributed by atoms with van der Waals surface area (Å²) in [6, 6.07) is 4.83. The van der Waals surface area contributed by atoms with Crippen LogP contribution in [-0.2, 0) is 0 Å². The molecule has 98 valence electrons. The van der Waals surface area contributed by atoms with Crippen LogP contribution in [0.4, 0.5) is 16.0 Å². The third-order valence-electron chi connectivity index (χ3n) is 2.20. The van der Waals surface area contributed by atoms with E-state index < -0.39 is 22.2 Å². The first-order valence-electron chi connectivity index (χ1n) is 5.23. The van der Waals surface area contributed by atoms with Gasteiger partial charge in [-0.1, -0.05) is 6.07 Å². The molecule has 0 spiro atoms. The molecule has 0 bridgehead atoms. The standard InChI is InChI=1S/C11H9FN4O3/c1-13-11-14-6-5-9(15-11)19-10-7(12)3-2-4-8(10)16(17)18/h2-6H,1H3,(H,13,14,15). The van der Waals surface area contributed by atoms with Gasteiger partial charge in [0.15, 0.2) is 5.82 Å². The number of halogens is 1. The second-order valence-corrected chi connectivity index (χ2v) is 3.42. The predicted molar refractivity (Wildman–Crippen MR) is 64.7 cm³/mol. The minimum atomic E-state index is -0.834. The number of nitrogens with zero attached hydrogens (tertiary/aromatic N) is 3. The molecular weight excluding hydrogens is 255 g/mol. The molecule has 1 aromatic carbocycles. The van der Waals surface area contributed by atoms with Crippen molar-refractivity contribution < 1.29 is 14.1 Å². The Labute approximate surface area is 107 Å². The van der Waals surface area contributed by atoms with Crippen LogP contribution < -0.4 is 10.1 Å². The number of anilines is 1. The van der Waals surface area contributed by atoms with E-state index in [1.54, 1.807) is 7.05 Å². The number of hydrogen-bond acceptors (Lipinski definition) is 6. The first-order valence-corrected chi connectivity index (χ1v) is 5.23. The summed E-state index contributed by atoms with van der Waals surface area (Å²) in [6.07, 6.45) is 1.39. The Hall–Kier alpha value is -2.77. The number of ether oxygens (including phenoxy) is 1. The number of nitro groups is 1. The zero-order valence-electron chi connectivity index (χ0n) is 9.83. The fourth-order valence-electron chi connectivity index (χ4n) is 1.37. The van der Waals surface area contributed by atoms with Gasteiger partial charge in [0.25, 0.3) is 0 Å². The number of aromatic nitrogens is 2. The monoisotopic (exact) mass is 264 g/mol. The quantitative estimate of drug-likeness (QED) is 0.673. The summed E-state index contributed by atoms with van der Waals surface area (Å²) in [7, 11) is 1.60. The summed E-state index contributed by atoms with van der Waals surface area (Å²) in [5.74, 6) is -1.05. The van der Waals surface area contributed by atoms with Gasteiger partial charge in [-0.3, -0.25) is 10.1 Å². The maximum atomic E-state index is 13.6. The molecule has 19 heavy (non-hydrogen) atoms. The molecule has 0 unspecified atom stereocenters. The van der Waals surface area contributed by atoms with Gasteiger partial charge in [-0.2, -0.15) is 4.98 Å². The van der Waals surface area contributed by atoms with Gasteiger partial charge in [-0.25, -0.2) is 9.37 Å². The highest BCUT2D eigenvalue weighted by Gasteiger charge is 2.20. The lowest BCUT2D eigenvalue weighted by Gasteiger charge is -2.07. The van der Waals surface area contributed by atoms with Crippen molar-refractivity contribution in [3.63, 3.8) is 0 Å². The maximum Gasteiger partial charge on any atom is 0.314 e. The van der Waals surface area contributed by atoms with Crippen molar-refractivity contribution in [2.75, 3.05) is 12.4 Å². The van der Waals surface area contributed by atoms with Crippen LogP contribution >= 0.6 is 0 Å². The SMILES string of the molecule is CNc1nccc(Oc2c(F)cccc2[N+](=O)[O-])n1. The van der Waals surface area contributed by atoms with E-state index in [-0.39, 0.29) is 11.8 Å². The Morgan fingerprint density at radius 3 is 2.89 bits per heavy atom. The molecule has 8 heteroatoms. The zero-order chi connectivity index (χ0) is 13.8. The summed E-state index contributed by atoms with van der Waals surface area (Å²) in [5, 5.41) is 13.5. The van der Waals surface area contributed by atoms with E-state index >= 15 is 0 Å². The topological polar surface area (TPSA) is 90.2 Å². The van der Waals surface area contributed by atoms with Crippen molar-refractivity contribution >= 4 is 11.6 Å². The highest BCUT2D eigenvalue weighted by atomic mass is 19.1. The molecule has 2 rings (SSSR count). The van der Waals surface area contributed by atoms with Crippen molar-refractivity contribution in [2.24, 2.45) is 0 Å². The van der Waals surface area contributed by atoms with E-state index in [0.29, 0.717) is 0 Å². The van der Waals surface area contributed by atoms with Gasteiger partial charge >= 0.3 is 5.69 Å². The number of nitrogens with one attached hydrogen (secondary N) is 1. The molecule has 0 fully saturated rings. The number of hydrogen-bond donors (Lipinski definition) is 1. The first-order chi connectivity index (χ1) is 9.11. The fourth-order valence-corrected chi connectivity index (χ4v) is 1.37. The molecule has 2 aromatic rings. The van der Waals surface area contributed by atoms with Gasteiger partial charge in [0.05, 0.1) is 4.92 Å².